The van der Waals surface area contributed by atoms with Crippen LogP contribution in [0.3, 0.4) is 0 Å². The predicted octanol–water partition coefficient (Wildman–Crippen LogP) is -1.95. The van der Waals surface area contributed by atoms with Gasteiger partial charge in [0.15, 0.2) is 0 Å². The van der Waals surface area contributed by atoms with Crippen LogP contribution in [0.2, 0.25) is 0 Å². The van der Waals surface area contributed by atoms with E-state index in [1.54, 1.807) is 6.08 Å². The second-order valence-electron chi connectivity index (χ2n) is 1.43. The average molecular weight is 106 g/mol. The van der Waals surface area contributed by atoms with Gasteiger partial charge in [-0.25, -0.2) is 0 Å². The zero-order valence-corrected chi connectivity index (χ0v) is 5.90. The van der Waals surface area contributed by atoms with Crippen molar-refractivity contribution in [2.75, 3.05) is 0 Å². The zero-order valence-electron chi connectivity index (χ0n) is 5.90. The molecule has 0 atom stereocenters. The van der Waals surface area contributed by atoms with Crippen molar-refractivity contribution in [3.05, 3.63) is 11.8 Å². The van der Waals surface area contributed by atoms with E-state index in [0.29, 0.717) is 6.42 Å². The summed E-state index contributed by atoms with van der Waals surface area (Å²) in [7, 11) is 0. The van der Waals surface area contributed by atoms with Gasteiger partial charge < -0.3 is 5.11 Å². The molecule has 0 fully saturated rings. The van der Waals surface area contributed by atoms with Gasteiger partial charge in [0.05, 0.1) is 0 Å². The molecule has 0 radical (unpaired) electrons. The minimum absolute atomic E-state index is 0. The van der Waals surface area contributed by atoms with Gasteiger partial charge in [0.2, 0.25) is 0 Å². The van der Waals surface area contributed by atoms with Crippen LogP contribution in [0.25, 0.3) is 0 Å². The first-order valence-electron chi connectivity index (χ1n) is 2.67. The van der Waals surface area contributed by atoms with Crippen LogP contribution in [-0.4, -0.2) is 0 Å². The topological polar surface area (TPSA) is 23.1 Å². The summed E-state index contributed by atoms with van der Waals surface area (Å²) in [6.07, 6.45) is 3.22. The minimum atomic E-state index is 0. The van der Waals surface area contributed by atoms with Gasteiger partial charge in [0, 0.05) is 0 Å². The molecule has 0 rings (SSSR count). The molecule has 0 spiro atoms. The molecule has 8 heavy (non-hydrogen) atoms. The first-order chi connectivity index (χ1) is 3.31. The number of allylic oxidation sites excluding steroid dienone is 2. The summed E-state index contributed by atoms with van der Waals surface area (Å²) in [4.78, 5) is 0. The monoisotopic (exact) mass is 106 g/mol. The van der Waals surface area contributed by atoms with Crippen LogP contribution in [0.15, 0.2) is 11.8 Å². The molecule has 0 aromatic carbocycles. The van der Waals surface area contributed by atoms with Crippen LogP contribution in [0.1, 0.15) is 26.7 Å². The quantitative estimate of drug-likeness (QED) is 0.296. The first-order valence-corrected chi connectivity index (χ1v) is 2.67. The van der Waals surface area contributed by atoms with E-state index in [1.165, 1.54) is 0 Å². The normalized spacial score (nSPS) is 10.5. The van der Waals surface area contributed by atoms with Gasteiger partial charge in [0.25, 0.3) is 0 Å². The molecule has 0 aliphatic carbocycles. The van der Waals surface area contributed by atoms with Gasteiger partial charge in [-0.3, -0.25) is 0 Å². The van der Waals surface area contributed by atoms with Crippen LogP contribution in [-0.2, 0) is 0 Å². The molecule has 0 aliphatic heterocycles. The smallest absolute Gasteiger partial charge is 0.876 e. The van der Waals surface area contributed by atoms with Crippen LogP contribution in [0, 0.1) is 0 Å². The Morgan fingerprint density at radius 2 is 2.00 bits per heavy atom. The van der Waals surface area contributed by atoms with E-state index in [0.717, 1.165) is 6.42 Å². The van der Waals surface area contributed by atoms with Gasteiger partial charge in [-0.2, -0.15) is 0 Å². The maximum absolute atomic E-state index is 10.4. The Labute approximate surface area is 63.0 Å². The minimum Gasteiger partial charge on any atom is -0.876 e. The van der Waals surface area contributed by atoms with Crippen molar-refractivity contribution in [3.63, 3.8) is 0 Å². The Morgan fingerprint density at radius 3 is 2.12 bits per heavy atom. The van der Waals surface area contributed by atoms with Gasteiger partial charge in [0.1, 0.15) is 0 Å². The fourth-order valence-corrected chi connectivity index (χ4v) is 0.372. The van der Waals surface area contributed by atoms with Crippen LogP contribution in [0.5, 0.6) is 0 Å². The van der Waals surface area contributed by atoms with Gasteiger partial charge in [-0.1, -0.05) is 19.9 Å². The van der Waals surface area contributed by atoms with E-state index < -0.39 is 0 Å². The molecule has 0 heterocycles. The molecule has 0 aromatic rings. The maximum Gasteiger partial charge on any atom is 1.00 e. The summed E-state index contributed by atoms with van der Waals surface area (Å²) < 4.78 is 0. The molecule has 0 amide bonds. The Balaban J connectivity index is 0. The Hall–Kier alpha value is 0.137. The molecule has 0 aromatic heterocycles. The third kappa shape index (κ3) is 6.14. The van der Waals surface area contributed by atoms with Crippen molar-refractivity contribution in [3.8, 4) is 0 Å². The van der Waals surface area contributed by atoms with E-state index >= 15 is 0 Å². The van der Waals surface area contributed by atoms with Gasteiger partial charge >= 0.3 is 18.9 Å². The molecular weight excluding hydrogens is 95.0 g/mol. The molecule has 2 heteroatoms. The summed E-state index contributed by atoms with van der Waals surface area (Å²) in [6.45, 7) is 3.84. The molecule has 0 bridgehead atoms. The van der Waals surface area contributed by atoms with E-state index in [1.807, 2.05) is 13.8 Å². The van der Waals surface area contributed by atoms with Crippen molar-refractivity contribution in [1.29, 1.82) is 0 Å². The van der Waals surface area contributed by atoms with E-state index in [4.69, 9.17) is 0 Å². The van der Waals surface area contributed by atoms with Gasteiger partial charge in [-0.05, 0) is 12.8 Å². The molecular formula is C6H11LiO. The van der Waals surface area contributed by atoms with E-state index in [-0.39, 0.29) is 24.6 Å². The second kappa shape index (κ2) is 7.14. The summed E-state index contributed by atoms with van der Waals surface area (Å²) in [5, 5.41) is 10.4. The first kappa shape index (κ1) is 11.0. The van der Waals surface area contributed by atoms with E-state index in [9.17, 15) is 5.11 Å². The maximum atomic E-state index is 10.4. The number of rotatable bonds is 2. The third-order valence-electron chi connectivity index (χ3n) is 0.780. The van der Waals surface area contributed by atoms with Crippen molar-refractivity contribution in [2.45, 2.75) is 26.7 Å². The van der Waals surface area contributed by atoms with E-state index in [2.05, 4.69) is 0 Å². The van der Waals surface area contributed by atoms with Crippen LogP contribution >= 0.6 is 0 Å². The molecule has 42 valence electrons. The van der Waals surface area contributed by atoms with Crippen molar-refractivity contribution in [2.24, 2.45) is 0 Å². The third-order valence-corrected chi connectivity index (χ3v) is 0.780. The summed E-state index contributed by atoms with van der Waals surface area (Å²) in [6, 6.07) is 0. The molecule has 0 unspecified atom stereocenters. The van der Waals surface area contributed by atoms with Crippen molar-refractivity contribution in [1.82, 2.24) is 0 Å². The fourth-order valence-electron chi connectivity index (χ4n) is 0.372. The Morgan fingerprint density at radius 1 is 1.50 bits per heavy atom. The van der Waals surface area contributed by atoms with Crippen LogP contribution < -0.4 is 24.0 Å². The summed E-state index contributed by atoms with van der Waals surface area (Å²) in [5.41, 5.74) is 0. The average Bonchev–Trinajstić information content (AvgIpc) is 1.68. The molecule has 0 saturated carbocycles. The second-order valence-corrected chi connectivity index (χ2v) is 1.43. The number of hydrogen-bond acceptors (Lipinski definition) is 1. The fraction of sp³-hybridized carbons (Fsp3) is 0.667. The Kier molecular flexibility index (Phi) is 9.82. The molecule has 0 N–H and O–H groups in total. The molecule has 0 saturated heterocycles. The van der Waals surface area contributed by atoms with Crippen molar-refractivity contribution < 1.29 is 24.0 Å². The predicted molar refractivity (Wildman–Crippen MR) is 28.7 cm³/mol. The standard InChI is InChI=1S/C6H12O.Li/c1-3-5-6(7)4-2;/h5,7H,3-4H2,1-2H3;/q;+1/p-1/b6-5-;. The van der Waals surface area contributed by atoms with Crippen LogP contribution in [0.4, 0.5) is 0 Å². The largest absolute Gasteiger partial charge is 1.00 e. The van der Waals surface area contributed by atoms with Crippen molar-refractivity contribution >= 4 is 0 Å². The number of hydrogen-bond donors (Lipinski definition) is 0. The Bertz CT molecular complexity index is 68.9. The summed E-state index contributed by atoms with van der Waals surface area (Å²) >= 11 is 0. The summed E-state index contributed by atoms with van der Waals surface area (Å²) in [5.74, 6) is 0.252. The SMILES string of the molecule is CC/C=C(\[O-])CC.[Li+]. The molecule has 0 aliphatic rings. The molecule has 1 nitrogen and oxygen atoms in total. The zero-order chi connectivity index (χ0) is 5.70. The van der Waals surface area contributed by atoms with Gasteiger partial charge in [-0.15, -0.1) is 5.76 Å².